The maximum atomic E-state index is 12.7. The third kappa shape index (κ3) is 6.08. The highest BCUT2D eigenvalue weighted by Gasteiger charge is 2.17. The van der Waals surface area contributed by atoms with E-state index in [1.165, 1.54) is 38.9 Å². The summed E-state index contributed by atoms with van der Waals surface area (Å²) in [5, 5.41) is 11.1. The van der Waals surface area contributed by atoms with Crippen molar-refractivity contribution in [1.82, 2.24) is 20.4 Å². The van der Waals surface area contributed by atoms with Crippen LogP contribution in [0.5, 0.6) is 11.5 Å². The molecule has 1 aromatic heterocycles. The van der Waals surface area contributed by atoms with E-state index < -0.39 is 6.61 Å². The highest BCUT2D eigenvalue weighted by atomic mass is 19.3. The zero-order valence-corrected chi connectivity index (χ0v) is 17.4. The molecule has 1 aliphatic rings. The molecule has 0 amide bonds. The number of rotatable bonds is 9. The van der Waals surface area contributed by atoms with Crippen molar-refractivity contribution in [3.8, 4) is 11.5 Å². The van der Waals surface area contributed by atoms with Gasteiger partial charge in [-0.2, -0.15) is 13.9 Å². The Kier molecular flexibility index (Phi) is 7.87. The second kappa shape index (κ2) is 10.8. The van der Waals surface area contributed by atoms with Crippen molar-refractivity contribution in [1.29, 1.82) is 0 Å². The highest BCUT2D eigenvalue weighted by Crippen LogP contribution is 2.29. The van der Waals surface area contributed by atoms with Crippen LogP contribution in [0.15, 0.2) is 35.5 Å². The lowest BCUT2D eigenvalue weighted by Gasteiger charge is -2.13. The predicted octanol–water partition coefficient (Wildman–Crippen LogP) is 3.86. The Morgan fingerprint density at radius 1 is 1.27 bits per heavy atom. The highest BCUT2D eigenvalue weighted by molar-refractivity contribution is 5.79. The average molecular weight is 421 g/mol. The van der Waals surface area contributed by atoms with Gasteiger partial charge >= 0.3 is 6.61 Å². The van der Waals surface area contributed by atoms with Crippen LogP contribution in [0.25, 0.3) is 0 Å². The maximum Gasteiger partial charge on any atom is 0.387 e. The zero-order chi connectivity index (χ0) is 21.3. The zero-order valence-electron chi connectivity index (χ0n) is 17.4. The third-order valence-electron chi connectivity index (χ3n) is 5.03. The molecular formula is C21H29F2N5O2. The van der Waals surface area contributed by atoms with Crippen LogP contribution in [0.4, 0.5) is 8.78 Å². The first-order chi connectivity index (χ1) is 14.6. The molecule has 0 bridgehead atoms. The molecule has 1 fully saturated rings. The normalized spacial score (nSPS) is 14.9. The predicted molar refractivity (Wildman–Crippen MR) is 111 cm³/mol. The topological polar surface area (TPSA) is 72.7 Å². The molecular weight excluding hydrogens is 392 g/mol. The van der Waals surface area contributed by atoms with Gasteiger partial charge in [-0.05, 0) is 44.0 Å². The minimum Gasteiger partial charge on any atom is -0.497 e. The van der Waals surface area contributed by atoms with Gasteiger partial charge in [0.25, 0.3) is 0 Å². The smallest absolute Gasteiger partial charge is 0.387 e. The number of aromatic nitrogens is 2. The molecule has 9 heteroatoms. The largest absolute Gasteiger partial charge is 0.497 e. The van der Waals surface area contributed by atoms with E-state index in [2.05, 4.69) is 30.1 Å². The fourth-order valence-electron chi connectivity index (χ4n) is 3.54. The molecule has 0 atom stereocenters. The summed E-state index contributed by atoms with van der Waals surface area (Å²) in [5.41, 5.74) is 1.44. The molecule has 1 heterocycles. The van der Waals surface area contributed by atoms with E-state index in [0.717, 1.165) is 5.69 Å². The van der Waals surface area contributed by atoms with Crippen LogP contribution < -0.4 is 20.1 Å². The minimum atomic E-state index is -2.90. The molecule has 7 nitrogen and oxygen atoms in total. The van der Waals surface area contributed by atoms with Gasteiger partial charge in [0.2, 0.25) is 0 Å². The number of halogens is 2. The fraction of sp³-hybridized carbons (Fsp3) is 0.524. The van der Waals surface area contributed by atoms with E-state index in [-0.39, 0.29) is 12.3 Å². The molecule has 3 rings (SSSR count). The van der Waals surface area contributed by atoms with Gasteiger partial charge < -0.3 is 20.1 Å². The van der Waals surface area contributed by atoms with Crippen LogP contribution in [-0.2, 0) is 13.1 Å². The molecule has 0 radical (unpaired) electrons. The van der Waals surface area contributed by atoms with Gasteiger partial charge in [-0.3, -0.25) is 4.68 Å². The minimum absolute atomic E-state index is 0.0840. The maximum absolute atomic E-state index is 12.7. The molecule has 0 spiro atoms. The molecule has 1 aliphatic carbocycles. The SMILES string of the molecule is CCNC(=NCc1cc(OC)ccc1OC(F)F)NCc1ccn(C2CCCC2)n1. The van der Waals surface area contributed by atoms with Gasteiger partial charge in [-0.15, -0.1) is 0 Å². The quantitative estimate of drug-likeness (QED) is 0.475. The summed E-state index contributed by atoms with van der Waals surface area (Å²) in [4.78, 5) is 4.51. The number of guanidine groups is 1. The van der Waals surface area contributed by atoms with Crippen LogP contribution in [0.3, 0.4) is 0 Å². The van der Waals surface area contributed by atoms with Gasteiger partial charge in [-0.1, -0.05) is 12.8 Å². The van der Waals surface area contributed by atoms with Crippen molar-refractivity contribution in [3.05, 3.63) is 41.7 Å². The third-order valence-corrected chi connectivity index (χ3v) is 5.03. The van der Waals surface area contributed by atoms with E-state index >= 15 is 0 Å². The molecule has 0 saturated heterocycles. The summed E-state index contributed by atoms with van der Waals surface area (Å²) < 4.78 is 37.2. The second-order valence-electron chi connectivity index (χ2n) is 7.13. The number of benzene rings is 1. The van der Waals surface area contributed by atoms with Crippen molar-refractivity contribution in [3.63, 3.8) is 0 Å². The Bertz CT molecular complexity index is 835. The molecule has 164 valence electrons. The lowest BCUT2D eigenvalue weighted by Crippen LogP contribution is -2.37. The molecule has 0 aliphatic heterocycles. The van der Waals surface area contributed by atoms with Crippen molar-refractivity contribution >= 4 is 5.96 Å². The molecule has 0 unspecified atom stereocenters. The Morgan fingerprint density at radius 2 is 2.07 bits per heavy atom. The Morgan fingerprint density at radius 3 is 2.77 bits per heavy atom. The molecule has 1 aromatic carbocycles. The lowest BCUT2D eigenvalue weighted by molar-refractivity contribution is -0.0504. The van der Waals surface area contributed by atoms with E-state index in [9.17, 15) is 8.78 Å². The Balaban J connectivity index is 1.65. The first kappa shape index (κ1) is 21.9. The van der Waals surface area contributed by atoms with Crippen molar-refractivity contribution < 1.29 is 18.3 Å². The van der Waals surface area contributed by atoms with Crippen molar-refractivity contribution in [2.75, 3.05) is 13.7 Å². The monoisotopic (exact) mass is 421 g/mol. The standard InChI is InChI=1S/C21H29F2N5O2/c1-3-24-21(26-14-16-10-11-28(27-16)17-6-4-5-7-17)25-13-15-12-18(29-2)8-9-19(15)30-20(22)23/h8-12,17,20H,3-7,13-14H2,1-2H3,(H2,24,25,26). The summed E-state index contributed by atoms with van der Waals surface area (Å²) in [5.74, 6) is 1.21. The number of nitrogens with one attached hydrogen (secondary N) is 2. The van der Waals surface area contributed by atoms with Crippen molar-refractivity contribution in [2.24, 2.45) is 4.99 Å². The molecule has 1 saturated carbocycles. The number of hydrogen-bond donors (Lipinski definition) is 2. The van der Waals surface area contributed by atoms with Crippen LogP contribution >= 0.6 is 0 Å². The van der Waals surface area contributed by atoms with Gasteiger partial charge in [0.15, 0.2) is 5.96 Å². The van der Waals surface area contributed by atoms with E-state index in [1.54, 1.807) is 12.1 Å². The molecule has 30 heavy (non-hydrogen) atoms. The first-order valence-corrected chi connectivity index (χ1v) is 10.3. The van der Waals surface area contributed by atoms with E-state index in [0.29, 0.717) is 36.4 Å². The lowest BCUT2D eigenvalue weighted by atomic mass is 10.2. The Hall–Kier alpha value is -2.84. The van der Waals surface area contributed by atoms with Gasteiger partial charge in [0.1, 0.15) is 11.5 Å². The van der Waals surface area contributed by atoms with Crippen molar-refractivity contribution in [2.45, 2.75) is 58.3 Å². The summed E-state index contributed by atoms with van der Waals surface area (Å²) in [6.45, 7) is 0.404. The number of aliphatic imine (C=N–C) groups is 1. The molecule has 2 N–H and O–H groups in total. The average Bonchev–Trinajstić information content (AvgIpc) is 3.42. The van der Waals surface area contributed by atoms with Crippen LogP contribution in [0.2, 0.25) is 0 Å². The van der Waals surface area contributed by atoms with Gasteiger partial charge in [-0.25, -0.2) is 4.99 Å². The number of methoxy groups -OCH3 is 1. The molecule has 2 aromatic rings. The van der Waals surface area contributed by atoms with Crippen LogP contribution in [-0.4, -0.2) is 36.0 Å². The second-order valence-corrected chi connectivity index (χ2v) is 7.13. The van der Waals surface area contributed by atoms with Gasteiger partial charge in [0, 0.05) is 18.3 Å². The Labute approximate surface area is 175 Å². The summed E-state index contributed by atoms with van der Waals surface area (Å²) in [6, 6.07) is 7.20. The van der Waals surface area contributed by atoms with Crippen LogP contribution in [0.1, 0.15) is 49.9 Å². The number of nitrogens with zero attached hydrogens (tertiary/aromatic N) is 3. The number of alkyl halides is 2. The fourth-order valence-corrected chi connectivity index (χ4v) is 3.54. The summed E-state index contributed by atoms with van der Waals surface area (Å²) in [6.07, 6.45) is 6.92. The van der Waals surface area contributed by atoms with Gasteiger partial charge in [0.05, 0.1) is 31.9 Å². The summed E-state index contributed by atoms with van der Waals surface area (Å²) in [7, 11) is 1.52. The van der Waals surface area contributed by atoms with Crippen LogP contribution in [0, 0.1) is 0 Å². The summed E-state index contributed by atoms with van der Waals surface area (Å²) >= 11 is 0. The van der Waals surface area contributed by atoms with E-state index in [4.69, 9.17) is 4.74 Å². The number of hydrogen-bond acceptors (Lipinski definition) is 4. The first-order valence-electron chi connectivity index (χ1n) is 10.3. The van der Waals surface area contributed by atoms with E-state index in [1.807, 2.05) is 19.2 Å². The number of ether oxygens (including phenoxy) is 2.